The predicted octanol–water partition coefficient (Wildman–Crippen LogP) is 0.736. The quantitative estimate of drug-likeness (QED) is 0.454. The van der Waals surface area contributed by atoms with E-state index in [-0.39, 0.29) is 0 Å². The number of hydrogen-bond acceptors (Lipinski definition) is 4. The van der Waals surface area contributed by atoms with Crippen LogP contribution in [0.2, 0.25) is 0 Å². The number of carboxylic acids is 4. The van der Waals surface area contributed by atoms with Gasteiger partial charge in [0, 0.05) is 0 Å². The molecule has 1 aliphatic carbocycles. The Morgan fingerprint density at radius 2 is 1.20 bits per heavy atom. The maximum absolute atomic E-state index is 11.3. The number of hydrogen-bond donors (Lipinski definition) is 4. The van der Waals surface area contributed by atoms with Crippen LogP contribution in [-0.4, -0.2) is 67.9 Å². The van der Waals surface area contributed by atoms with Crippen molar-refractivity contribution >= 4 is 39.1 Å². The summed E-state index contributed by atoms with van der Waals surface area (Å²) in [5.74, 6) is -4.81. The summed E-state index contributed by atoms with van der Waals surface area (Å²) in [6.07, 6.45) is -0.794. The van der Waals surface area contributed by atoms with E-state index in [1.165, 1.54) is 0 Å². The molecule has 1 unspecified atom stereocenters. The monoisotopic (exact) mass is 324 g/mol. The van der Waals surface area contributed by atoms with Gasteiger partial charge in [-0.15, -0.1) is 0 Å². The zero-order valence-corrected chi connectivity index (χ0v) is 12.1. The van der Waals surface area contributed by atoms with E-state index < -0.39 is 62.7 Å². The number of aliphatic carboxylic acids is 4. The van der Waals surface area contributed by atoms with Gasteiger partial charge < -0.3 is 20.4 Å². The lowest BCUT2D eigenvalue weighted by Crippen LogP contribution is -2.24. The molecule has 0 spiro atoms. The van der Waals surface area contributed by atoms with Gasteiger partial charge in [-0.1, -0.05) is 15.2 Å². The fraction of sp³-hybridized carbons (Fsp3) is 0.600. The molecule has 20 heavy (non-hydrogen) atoms. The Hall–Kier alpha value is -1.26. The maximum Gasteiger partial charge on any atom is 0.314 e. The molecule has 1 saturated carbocycles. The van der Waals surface area contributed by atoms with Gasteiger partial charge in [0.1, 0.15) is 0 Å². The van der Waals surface area contributed by atoms with Crippen LogP contribution in [-0.2, 0) is 19.2 Å². The van der Waals surface area contributed by atoms with Crippen molar-refractivity contribution in [3.8, 4) is 0 Å². The summed E-state index contributed by atoms with van der Waals surface area (Å²) >= 11 is 0. The lowest BCUT2D eigenvalue weighted by Gasteiger charge is -2.30. The van der Waals surface area contributed by atoms with Gasteiger partial charge in [-0.2, -0.15) is 0 Å². The first-order chi connectivity index (χ1) is 9.19. The van der Waals surface area contributed by atoms with Crippen LogP contribution in [0, 0.1) is 0 Å². The predicted molar refractivity (Wildman–Crippen MR) is 70.9 cm³/mol. The number of carbonyl (C=O) groups is 4. The number of carboxylic acid groups (broad SMARTS) is 4. The Morgan fingerprint density at radius 1 is 0.800 bits per heavy atom. The smallest absolute Gasteiger partial charge is 0.314 e. The van der Waals surface area contributed by atoms with E-state index in [0.29, 0.717) is 12.8 Å². The Bertz CT molecular complexity index is 429. The van der Waals surface area contributed by atoms with Gasteiger partial charge in [0.25, 0.3) is 0 Å². The minimum absolute atomic E-state index is 0.291. The van der Waals surface area contributed by atoms with Crippen molar-refractivity contribution in [2.24, 2.45) is 0 Å². The molecule has 1 aliphatic rings. The van der Waals surface area contributed by atoms with Crippen LogP contribution in [0.3, 0.4) is 0 Å². The largest absolute Gasteiger partial charge is 0.481 e. The SMILES string of the molecule is O=C(O)CP(CC(=O)O)P(CC(=O)O)C1(C(=O)O)CC1. The van der Waals surface area contributed by atoms with Crippen molar-refractivity contribution in [3.63, 3.8) is 0 Å². The molecule has 4 N–H and O–H groups in total. The van der Waals surface area contributed by atoms with E-state index in [9.17, 15) is 24.3 Å². The minimum Gasteiger partial charge on any atom is -0.481 e. The normalized spacial score (nSPS) is 17.4. The molecule has 0 amide bonds. The van der Waals surface area contributed by atoms with E-state index >= 15 is 0 Å². The van der Waals surface area contributed by atoms with Crippen LogP contribution in [0.1, 0.15) is 12.8 Å². The van der Waals surface area contributed by atoms with Crippen molar-refractivity contribution in [3.05, 3.63) is 0 Å². The van der Waals surface area contributed by atoms with E-state index in [0.717, 1.165) is 0 Å². The molecule has 10 heteroatoms. The molecular formula is C10H14O8P2. The zero-order chi connectivity index (χ0) is 15.5. The topological polar surface area (TPSA) is 149 Å². The average molecular weight is 324 g/mol. The van der Waals surface area contributed by atoms with Crippen molar-refractivity contribution in [2.45, 2.75) is 18.0 Å². The van der Waals surface area contributed by atoms with Crippen molar-refractivity contribution in [2.75, 3.05) is 18.5 Å². The minimum atomic E-state index is -1.70. The van der Waals surface area contributed by atoms with E-state index in [2.05, 4.69) is 0 Å². The van der Waals surface area contributed by atoms with Crippen LogP contribution in [0.5, 0.6) is 0 Å². The van der Waals surface area contributed by atoms with Crippen molar-refractivity contribution in [1.29, 1.82) is 0 Å². The van der Waals surface area contributed by atoms with E-state index in [4.69, 9.17) is 15.3 Å². The molecule has 0 bridgehead atoms. The summed E-state index contributed by atoms with van der Waals surface area (Å²) in [6, 6.07) is 0. The highest BCUT2D eigenvalue weighted by atomic mass is 32.1. The Labute approximate surface area is 116 Å². The second-order valence-corrected chi connectivity index (χ2v) is 11.2. The van der Waals surface area contributed by atoms with Gasteiger partial charge in [0.2, 0.25) is 0 Å². The summed E-state index contributed by atoms with van der Waals surface area (Å²) in [6.45, 7) is 0. The van der Waals surface area contributed by atoms with Gasteiger partial charge in [-0.25, -0.2) is 0 Å². The van der Waals surface area contributed by atoms with Crippen LogP contribution in [0.15, 0.2) is 0 Å². The molecular weight excluding hydrogens is 310 g/mol. The second-order valence-electron chi connectivity index (χ2n) is 4.40. The average Bonchev–Trinajstić information content (AvgIpc) is 3.04. The molecule has 0 heterocycles. The zero-order valence-electron chi connectivity index (χ0n) is 10.4. The van der Waals surface area contributed by atoms with Gasteiger partial charge in [0.05, 0.1) is 23.6 Å². The van der Waals surface area contributed by atoms with E-state index in [1.807, 2.05) is 0 Å². The standard InChI is InChI=1S/C10H14O8P2/c11-6(12)3-19(4-7(13)14)20(5-8(15)16)10(1-2-10)9(17)18/h1-5H2,(H,11,12)(H,13,14)(H,15,16)(H,17,18). The molecule has 0 aromatic carbocycles. The third-order valence-corrected chi connectivity index (χ3v) is 11.5. The van der Waals surface area contributed by atoms with E-state index in [1.54, 1.807) is 0 Å². The summed E-state index contributed by atoms with van der Waals surface area (Å²) in [4.78, 5) is 43.9. The first-order valence-corrected chi connectivity index (χ1v) is 9.55. The molecule has 0 radical (unpaired) electrons. The molecule has 1 atom stereocenters. The second kappa shape index (κ2) is 6.46. The van der Waals surface area contributed by atoms with Crippen LogP contribution < -0.4 is 0 Å². The van der Waals surface area contributed by atoms with Gasteiger partial charge in [-0.05, 0) is 12.8 Å². The first-order valence-electron chi connectivity index (χ1n) is 5.60. The fourth-order valence-electron chi connectivity index (χ4n) is 1.89. The Balaban J connectivity index is 3.04. The molecule has 1 fully saturated rings. The maximum atomic E-state index is 11.3. The summed E-state index contributed by atoms with van der Waals surface area (Å²) in [7, 11) is -3.39. The molecule has 1 rings (SSSR count). The van der Waals surface area contributed by atoms with Gasteiger partial charge in [0.15, 0.2) is 0 Å². The van der Waals surface area contributed by atoms with Gasteiger partial charge in [-0.3, -0.25) is 19.2 Å². The van der Waals surface area contributed by atoms with Crippen LogP contribution in [0.25, 0.3) is 0 Å². The first kappa shape index (κ1) is 16.8. The van der Waals surface area contributed by atoms with Crippen LogP contribution >= 0.6 is 15.2 Å². The molecule has 112 valence electrons. The molecule has 0 aromatic rings. The number of rotatable bonds is 9. The fourth-order valence-corrected chi connectivity index (χ4v) is 10.3. The van der Waals surface area contributed by atoms with Gasteiger partial charge >= 0.3 is 23.9 Å². The molecule has 0 aromatic heterocycles. The Morgan fingerprint density at radius 3 is 1.45 bits per heavy atom. The highest BCUT2D eigenvalue weighted by Crippen LogP contribution is 2.81. The molecule has 0 saturated heterocycles. The summed E-state index contributed by atoms with van der Waals surface area (Å²) in [5.41, 5.74) is 0. The highest BCUT2D eigenvalue weighted by molar-refractivity contribution is 8.31. The highest BCUT2D eigenvalue weighted by Gasteiger charge is 2.58. The third-order valence-electron chi connectivity index (χ3n) is 2.88. The Kier molecular flexibility index (Phi) is 5.42. The lowest BCUT2D eigenvalue weighted by molar-refractivity contribution is -0.137. The van der Waals surface area contributed by atoms with Crippen molar-refractivity contribution in [1.82, 2.24) is 0 Å². The molecule has 0 aliphatic heterocycles. The lowest BCUT2D eigenvalue weighted by atomic mass is 10.4. The molecule has 8 nitrogen and oxygen atoms in total. The van der Waals surface area contributed by atoms with Crippen molar-refractivity contribution < 1.29 is 39.6 Å². The summed E-state index contributed by atoms with van der Waals surface area (Å²) in [5, 5.41) is 34.6. The third kappa shape index (κ3) is 4.12. The summed E-state index contributed by atoms with van der Waals surface area (Å²) < 4.78 is 0. The van der Waals surface area contributed by atoms with Crippen LogP contribution in [0.4, 0.5) is 0 Å².